The number of phenols is 4. The van der Waals surface area contributed by atoms with Gasteiger partial charge in [0.05, 0.1) is 0 Å². The molecule has 5 aromatic carbocycles. The molecule has 0 spiro atoms. The molecule has 4 bridgehead atoms. The van der Waals surface area contributed by atoms with Gasteiger partial charge in [-0.25, -0.2) is 0 Å². The maximum Gasteiger partial charge on any atom is 0.118 e. The molecule has 53 heavy (non-hydrogen) atoms. The number of aromatic hydroxyl groups is 4. The van der Waals surface area contributed by atoms with E-state index in [4.69, 9.17) is 0 Å². The van der Waals surface area contributed by atoms with Gasteiger partial charge in [-0.3, -0.25) is 0 Å². The van der Waals surface area contributed by atoms with Crippen molar-refractivity contribution in [2.24, 2.45) is 23.7 Å². The number of aryl methyl sites for hydroxylation is 4. The second kappa shape index (κ2) is 12.7. The van der Waals surface area contributed by atoms with E-state index in [1.807, 2.05) is 52.0 Å². The van der Waals surface area contributed by atoms with Crippen LogP contribution in [0.15, 0.2) is 97.1 Å². The third kappa shape index (κ3) is 5.30. The molecular weight excluding hydrogens is 653 g/mol. The Hall–Kier alpha value is -4.70. The molecule has 4 saturated carbocycles. The molecule has 4 fully saturated rings. The lowest BCUT2D eigenvalue weighted by Crippen LogP contribution is -2.36. The van der Waals surface area contributed by atoms with Gasteiger partial charge in [-0.05, 0) is 182 Å². The zero-order valence-electron chi connectivity index (χ0n) is 30.7. The molecule has 0 aromatic heterocycles. The SMILES string of the molecule is C.Cc1cc(C2(c3ccc(O)c(C)c3)CC3CC2CC3c2ccc(C3CC4CC3CC4(c3ccc(O)c(C)c3)c3ccc(O)c(C)c3)cc2)ccc1O. The Morgan fingerprint density at radius 1 is 0.415 bits per heavy atom. The van der Waals surface area contributed by atoms with Crippen molar-refractivity contribution in [3.05, 3.63) is 153 Å². The van der Waals surface area contributed by atoms with E-state index in [1.165, 1.54) is 46.2 Å². The van der Waals surface area contributed by atoms with Crippen LogP contribution >= 0.6 is 0 Å². The Morgan fingerprint density at radius 3 is 0.925 bits per heavy atom. The highest BCUT2D eigenvalue weighted by atomic mass is 16.3. The summed E-state index contributed by atoms with van der Waals surface area (Å²) in [6, 6.07) is 34.5. The molecular formula is C49H54O4. The van der Waals surface area contributed by atoms with Crippen molar-refractivity contribution in [3.63, 3.8) is 0 Å². The first-order chi connectivity index (χ1) is 25.0. The minimum Gasteiger partial charge on any atom is -0.508 e. The van der Waals surface area contributed by atoms with Crippen molar-refractivity contribution in [2.75, 3.05) is 0 Å². The van der Waals surface area contributed by atoms with E-state index in [0.717, 1.165) is 47.9 Å². The van der Waals surface area contributed by atoms with Crippen LogP contribution in [0.1, 0.15) is 113 Å². The van der Waals surface area contributed by atoms with Gasteiger partial charge in [0.1, 0.15) is 23.0 Å². The van der Waals surface area contributed by atoms with Crippen molar-refractivity contribution < 1.29 is 20.4 Å². The van der Waals surface area contributed by atoms with Crippen LogP contribution in [0.4, 0.5) is 0 Å². The lowest BCUT2D eigenvalue weighted by molar-refractivity contribution is 0.291. The van der Waals surface area contributed by atoms with Gasteiger partial charge in [0.15, 0.2) is 0 Å². The van der Waals surface area contributed by atoms with Crippen molar-refractivity contribution in [3.8, 4) is 23.0 Å². The summed E-state index contributed by atoms with van der Waals surface area (Å²) in [6.45, 7) is 7.96. The van der Waals surface area contributed by atoms with Crippen molar-refractivity contribution >= 4 is 0 Å². The first-order valence-corrected chi connectivity index (χ1v) is 19.3. The second-order valence-corrected chi connectivity index (χ2v) is 17.1. The molecule has 6 atom stereocenters. The van der Waals surface area contributed by atoms with Crippen LogP contribution in [0.5, 0.6) is 23.0 Å². The fourth-order valence-electron chi connectivity index (χ4n) is 12.0. The summed E-state index contributed by atoms with van der Waals surface area (Å²) in [5.41, 5.74) is 11.5. The van der Waals surface area contributed by atoms with Crippen LogP contribution in [0, 0.1) is 51.4 Å². The fourth-order valence-corrected chi connectivity index (χ4v) is 12.0. The van der Waals surface area contributed by atoms with Crippen LogP contribution in [0.3, 0.4) is 0 Å². The van der Waals surface area contributed by atoms with Crippen molar-refractivity contribution in [2.45, 2.75) is 96.3 Å². The van der Waals surface area contributed by atoms with E-state index in [0.29, 0.717) is 58.5 Å². The van der Waals surface area contributed by atoms with Gasteiger partial charge in [-0.15, -0.1) is 0 Å². The molecule has 4 nitrogen and oxygen atoms in total. The normalized spacial score (nSPS) is 26.1. The summed E-state index contributed by atoms with van der Waals surface area (Å²) >= 11 is 0. The number of phenolic OH excluding ortho intramolecular Hbond substituents is 4. The van der Waals surface area contributed by atoms with Gasteiger partial charge in [0, 0.05) is 10.8 Å². The van der Waals surface area contributed by atoms with Gasteiger partial charge >= 0.3 is 0 Å². The molecule has 0 heterocycles. The van der Waals surface area contributed by atoms with Gasteiger partial charge < -0.3 is 20.4 Å². The molecule has 4 N–H and O–H groups in total. The van der Waals surface area contributed by atoms with Gasteiger partial charge in [0.25, 0.3) is 0 Å². The fraction of sp³-hybridized carbons (Fsp3) is 0.388. The molecule has 0 amide bonds. The largest absolute Gasteiger partial charge is 0.508 e. The topological polar surface area (TPSA) is 80.9 Å². The Labute approximate surface area is 315 Å². The molecule has 274 valence electrons. The minimum atomic E-state index is -0.125. The predicted molar refractivity (Wildman–Crippen MR) is 213 cm³/mol. The summed E-state index contributed by atoms with van der Waals surface area (Å²) < 4.78 is 0. The quantitative estimate of drug-likeness (QED) is 0.142. The number of benzene rings is 5. The third-order valence-electron chi connectivity index (χ3n) is 14.6. The zero-order valence-corrected chi connectivity index (χ0v) is 30.7. The zero-order chi connectivity index (χ0) is 36.1. The summed E-state index contributed by atoms with van der Waals surface area (Å²) in [5, 5.41) is 41.6. The maximum atomic E-state index is 10.4. The Morgan fingerprint density at radius 2 is 0.698 bits per heavy atom. The Kier molecular flexibility index (Phi) is 8.48. The molecule has 0 radical (unpaired) electrons. The first-order valence-electron chi connectivity index (χ1n) is 19.3. The Bertz CT molecular complexity index is 1940. The molecule has 5 aromatic rings. The highest BCUT2D eigenvalue weighted by Crippen LogP contribution is 2.66. The van der Waals surface area contributed by atoms with Crippen LogP contribution in [0.2, 0.25) is 0 Å². The summed E-state index contributed by atoms with van der Waals surface area (Å²) in [4.78, 5) is 0. The predicted octanol–water partition coefficient (Wildman–Crippen LogP) is 11.4. The first kappa shape index (κ1) is 35.3. The highest BCUT2D eigenvalue weighted by molar-refractivity contribution is 5.53. The number of hydrogen-bond acceptors (Lipinski definition) is 4. The summed E-state index contributed by atoms with van der Waals surface area (Å²) in [7, 11) is 0. The van der Waals surface area contributed by atoms with Crippen molar-refractivity contribution in [1.29, 1.82) is 0 Å². The van der Waals surface area contributed by atoms with Gasteiger partial charge in [0.2, 0.25) is 0 Å². The van der Waals surface area contributed by atoms with E-state index in [-0.39, 0.29) is 18.3 Å². The minimum absolute atomic E-state index is 0. The van der Waals surface area contributed by atoms with Crippen LogP contribution in [0.25, 0.3) is 0 Å². The van der Waals surface area contributed by atoms with E-state index in [1.54, 1.807) is 0 Å². The van der Waals surface area contributed by atoms with E-state index < -0.39 is 0 Å². The number of rotatable bonds is 6. The van der Waals surface area contributed by atoms with Crippen LogP contribution < -0.4 is 0 Å². The molecule has 0 aliphatic heterocycles. The second-order valence-electron chi connectivity index (χ2n) is 17.1. The number of fused-ring (bicyclic) bond motifs is 4. The lowest BCUT2D eigenvalue weighted by Gasteiger charge is -2.42. The summed E-state index contributed by atoms with van der Waals surface area (Å²) in [5.74, 6) is 4.56. The number of hydrogen-bond donors (Lipinski definition) is 4. The van der Waals surface area contributed by atoms with E-state index >= 15 is 0 Å². The maximum absolute atomic E-state index is 10.4. The van der Waals surface area contributed by atoms with Gasteiger partial charge in [-0.1, -0.05) is 80.2 Å². The molecule has 4 aliphatic carbocycles. The van der Waals surface area contributed by atoms with Crippen LogP contribution in [-0.2, 0) is 10.8 Å². The standard InChI is InChI=1S/C48H50O4.CH4/c1-27-17-35(9-13-43(27)49)47(36-10-14-44(50)28(2)18-36)25-33-21-39(47)23-41(33)31-5-7-32(8-6-31)42-24-40-22-34(42)26-48(40,37-11-15-45(51)29(3)19-37)38-12-16-46(52)30(4)20-38;/h5-20,33-34,39-42,49-52H,21-26H2,1-4H3;1H4. The molecule has 0 saturated heterocycles. The van der Waals surface area contributed by atoms with Gasteiger partial charge in [-0.2, -0.15) is 0 Å². The monoisotopic (exact) mass is 706 g/mol. The summed E-state index contributed by atoms with van der Waals surface area (Å²) in [6.07, 6.45) is 6.79. The molecule has 9 rings (SSSR count). The van der Waals surface area contributed by atoms with E-state index in [9.17, 15) is 20.4 Å². The highest BCUT2D eigenvalue weighted by Gasteiger charge is 2.58. The average Bonchev–Trinajstić information content (AvgIpc) is 3.93. The third-order valence-corrected chi connectivity index (χ3v) is 14.6. The van der Waals surface area contributed by atoms with Crippen LogP contribution in [-0.4, -0.2) is 20.4 Å². The smallest absolute Gasteiger partial charge is 0.118 e. The lowest BCUT2D eigenvalue weighted by atomic mass is 9.61. The molecule has 6 unspecified atom stereocenters. The average molecular weight is 707 g/mol. The van der Waals surface area contributed by atoms with E-state index in [2.05, 4.69) is 72.8 Å². The van der Waals surface area contributed by atoms with Crippen molar-refractivity contribution in [1.82, 2.24) is 0 Å². The Balaban J connectivity index is 0.00000400. The molecule has 4 heteroatoms. The molecule has 4 aliphatic rings.